The van der Waals surface area contributed by atoms with Crippen LogP contribution in [-0.2, 0) is 0 Å². The van der Waals surface area contributed by atoms with E-state index in [0.717, 1.165) is 88.9 Å². The highest BCUT2D eigenvalue weighted by Crippen LogP contribution is 2.30. The molecule has 0 fully saturated rings. The molecular weight excluding hydrogens is 564 g/mol. The second-order valence-corrected chi connectivity index (χ2v) is 11.2. The minimum absolute atomic E-state index is 0.794. The summed E-state index contributed by atoms with van der Waals surface area (Å²) >= 11 is 0. The van der Waals surface area contributed by atoms with E-state index in [9.17, 15) is 0 Å². The van der Waals surface area contributed by atoms with Gasteiger partial charge in [-0.05, 0) is 83.9 Å². The van der Waals surface area contributed by atoms with Gasteiger partial charge in [-0.25, -0.2) is 19.9 Å². The van der Waals surface area contributed by atoms with Crippen molar-refractivity contribution < 1.29 is 0 Å². The molecule has 0 N–H and O–H groups in total. The van der Waals surface area contributed by atoms with E-state index in [4.69, 9.17) is 19.9 Å². The molecule has 0 saturated heterocycles. The van der Waals surface area contributed by atoms with Gasteiger partial charge in [0, 0.05) is 33.9 Å². The minimum atomic E-state index is 0.794. The lowest BCUT2D eigenvalue weighted by molar-refractivity contribution is 1.25. The fraction of sp³-hybridized carbons (Fsp3) is 0. The lowest BCUT2D eigenvalue weighted by atomic mass is 10.0. The number of nitrogens with zero attached hydrogens (tertiary/aromatic N) is 6. The summed E-state index contributed by atoms with van der Waals surface area (Å²) in [6.45, 7) is 0. The van der Waals surface area contributed by atoms with Crippen LogP contribution < -0.4 is 0 Å². The van der Waals surface area contributed by atoms with Crippen LogP contribution in [0, 0.1) is 0 Å². The SMILES string of the molecule is c1ccc(-c2ccc3cc(-c4ccc5nc(-c6cccc(-c7ccc8ccc9cccnc9c8n7)n6)ccc5c4)ccc3n2)nc1. The molecule has 0 aliphatic heterocycles. The summed E-state index contributed by atoms with van der Waals surface area (Å²) in [6.07, 6.45) is 3.60. The average molecular weight is 589 g/mol. The molecule has 0 amide bonds. The number of aromatic nitrogens is 6. The van der Waals surface area contributed by atoms with Crippen LogP contribution in [0.1, 0.15) is 0 Å². The maximum absolute atomic E-state index is 4.99. The smallest absolute Gasteiger partial charge is 0.0972 e. The molecule has 6 aromatic heterocycles. The lowest BCUT2D eigenvalue weighted by Crippen LogP contribution is -1.94. The van der Waals surface area contributed by atoms with Crippen molar-refractivity contribution in [3.05, 3.63) is 146 Å². The predicted molar refractivity (Wildman–Crippen MR) is 185 cm³/mol. The highest BCUT2D eigenvalue weighted by atomic mass is 14.8. The van der Waals surface area contributed by atoms with Crippen LogP contribution in [0.3, 0.4) is 0 Å². The van der Waals surface area contributed by atoms with Gasteiger partial charge in [0.1, 0.15) is 0 Å². The Bertz CT molecular complexity index is 2600. The van der Waals surface area contributed by atoms with Crippen molar-refractivity contribution in [2.75, 3.05) is 0 Å². The fourth-order valence-corrected chi connectivity index (χ4v) is 6.00. The van der Waals surface area contributed by atoms with E-state index < -0.39 is 0 Å². The third-order valence-corrected chi connectivity index (χ3v) is 8.35. The summed E-state index contributed by atoms with van der Waals surface area (Å²) in [4.78, 5) is 28.8. The van der Waals surface area contributed by atoms with Crippen molar-refractivity contribution in [2.24, 2.45) is 0 Å². The molecule has 0 radical (unpaired) electrons. The van der Waals surface area contributed by atoms with E-state index in [-0.39, 0.29) is 0 Å². The van der Waals surface area contributed by atoms with Crippen LogP contribution in [0.5, 0.6) is 0 Å². The average Bonchev–Trinajstić information content (AvgIpc) is 3.14. The lowest BCUT2D eigenvalue weighted by Gasteiger charge is -2.09. The van der Waals surface area contributed by atoms with Crippen LogP contribution >= 0.6 is 0 Å². The first kappa shape index (κ1) is 26.0. The van der Waals surface area contributed by atoms with E-state index in [2.05, 4.69) is 82.8 Å². The van der Waals surface area contributed by atoms with Crippen molar-refractivity contribution in [3.8, 4) is 45.3 Å². The fourth-order valence-electron chi connectivity index (χ4n) is 6.00. The van der Waals surface area contributed by atoms with Crippen molar-refractivity contribution in [1.29, 1.82) is 0 Å². The Balaban J connectivity index is 1.03. The molecule has 214 valence electrons. The van der Waals surface area contributed by atoms with Gasteiger partial charge in [0.05, 0.1) is 56.2 Å². The summed E-state index contributed by atoms with van der Waals surface area (Å²) in [5, 5.41) is 4.27. The second-order valence-electron chi connectivity index (χ2n) is 11.2. The maximum Gasteiger partial charge on any atom is 0.0972 e. The second kappa shape index (κ2) is 10.6. The first-order chi connectivity index (χ1) is 22.7. The quantitative estimate of drug-likeness (QED) is 0.191. The zero-order valence-corrected chi connectivity index (χ0v) is 24.5. The third-order valence-electron chi connectivity index (χ3n) is 8.35. The topological polar surface area (TPSA) is 77.3 Å². The van der Waals surface area contributed by atoms with Gasteiger partial charge in [-0.1, -0.05) is 60.7 Å². The van der Waals surface area contributed by atoms with Gasteiger partial charge in [0.2, 0.25) is 0 Å². The molecule has 3 aromatic carbocycles. The third kappa shape index (κ3) is 4.60. The van der Waals surface area contributed by atoms with Gasteiger partial charge >= 0.3 is 0 Å². The number of benzene rings is 3. The van der Waals surface area contributed by atoms with Crippen LogP contribution in [-0.4, -0.2) is 29.9 Å². The van der Waals surface area contributed by atoms with E-state index >= 15 is 0 Å². The highest BCUT2D eigenvalue weighted by molar-refractivity contribution is 6.03. The molecule has 0 aliphatic carbocycles. The molecule has 0 aliphatic rings. The van der Waals surface area contributed by atoms with Crippen molar-refractivity contribution in [1.82, 2.24) is 29.9 Å². The molecule has 9 aromatic rings. The molecule has 0 bridgehead atoms. The van der Waals surface area contributed by atoms with Gasteiger partial charge in [0.25, 0.3) is 0 Å². The molecule has 6 nitrogen and oxygen atoms in total. The van der Waals surface area contributed by atoms with E-state index in [1.165, 1.54) is 0 Å². The molecule has 0 atom stereocenters. The Morgan fingerprint density at radius 2 is 0.848 bits per heavy atom. The molecule has 6 heteroatoms. The van der Waals surface area contributed by atoms with Gasteiger partial charge < -0.3 is 0 Å². The number of hydrogen-bond donors (Lipinski definition) is 0. The molecule has 0 saturated carbocycles. The molecular formula is C40H24N6. The summed E-state index contributed by atoms with van der Waals surface area (Å²) in [5.41, 5.74) is 10.8. The molecule has 46 heavy (non-hydrogen) atoms. The first-order valence-corrected chi connectivity index (χ1v) is 15.1. The van der Waals surface area contributed by atoms with Gasteiger partial charge in [-0.15, -0.1) is 0 Å². The molecule has 9 rings (SSSR count). The Morgan fingerprint density at radius 1 is 0.304 bits per heavy atom. The van der Waals surface area contributed by atoms with Crippen molar-refractivity contribution >= 4 is 43.6 Å². The van der Waals surface area contributed by atoms with E-state index in [0.29, 0.717) is 0 Å². The monoisotopic (exact) mass is 588 g/mol. The van der Waals surface area contributed by atoms with Crippen molar-refractivity contribution in [3.63, 3.8) is 0 Å². The van der Waals surface area contributed by atoms with Gasteiger partial charge in [0.15, 0.2) is 0 Å². The predicted octanol–water partition coefficient (Wildman–Crippen LogP) is 9.34. The minimum Gasteiger partial charge on any atom is -0.255 e. The zero-order valence-electron chi connectivity index (χ0n) is 24.5. The summed E-state index contributed by atoms with van der Waals surface area (Å²) in [7, 11) is 0. The van der Waals surface area contributed by atoms with Gasteiger partial charge in [-0.3, -0.25) is 9.97 Å². The van der Waals surface area contributed by atoms with Gasteiger partial charge in [-0.2, -0.15) is 0 Å². The molecule has 6 heterocycles. The first-order valence-electron chi connectivity index (χ1n) is 15.1. The number of hydrogen-bond acceptors (Lipinski definition) is 6. The maximum atomic E-state index is 4.99. The van der Waals surface area contributed by atoms with Crippen LogP contribution in [0.2, 0.25) is 0 Å². The Kier molecular flexibility index (Phi) is 6.03. The number of fused-ring (bicyclic) bond motifs is 5. The zero-order chi connectivity index (χ0) is 30.5. The summed E-state index contributed by atoms with van der Waals surface area (Å²) in [6, 6.07) is 45.2. The number of rotatable bonds is 4. The summed E-state index contributed by atoms with van der Waals surface area (Å²) in [5.74, 6) is 0. The van der Waals surface area contributed by atoms with Crippen LogP contribution in [0.15, 0.2) is 146 Å². The Labute approximate surface area is 264 Å². The van der Waals surface area contributed by atoms with Crippen LogP contribution in [0.25, 0.3) is 88.9 Å². The highest BCUT2D eigenvalue weighted by Gasteiger charge is 2.11. The standard InChI is InChI=1S/C40H24N6/c1-2-21-41-33(6-1)36-19-14-29-23-27(12-16-31(29)43-36)28-13-17-32-30(24-28)15-20-37(44-32)34-7-3-8-35(45-34)38-18-11-26-10-9-25-5-4-22-42-39(25)40(26)46-38/h1-24H. The Morgan fingerprint density at radius 3 is 1.52 bits per heavy atom. The molecule has 0 unspecified atom stereocenters. The Hall–Kier alpha value is -6.40. The van der Waals surface area contributed by atoms with Crippen LogP contribution in [0.4, 0.5) is 0 Å². The number of pyridine rings is 6. The van der Waals surface area contributed by atoms with E-state index in [1.54, 1.807) is 6.20 Å². The van der Waals surface area contributed by atoms with Crippen molar-refractivity contribution in [2.45, 2.75) is 0 Å². The summed E-state index contributed by atoms with van der Waals surface area (Å²) < 4.78 is 0. The van der Waals surface area contributed by atoms with E-state index in [1.807, 2.05) is 66.9 Å². The normalized spacial score (nSPS) is 11.5. The largest absolute Gasteiger partial charge is 0.255 e. The molecule has 0 spiro atoms.